The first-order valence-corrected chi connectivity index (χ1v) is 9.97. The Bertz CT molecular complexity index is 1150. The zero-order valence-electron chi connectivity index (χ0n) is 14.7. The van der Waals surface area contributed by atoms with Crippen LogP contribution in [0, 0.1) is 0 Å². The Morgan fingerprint density at radius 1 is 1.21 bits per heavy atom. The highest BCUT2D eigenvalue weighted by Gasteiger charge is 2.35. The van der Waals surface area contributed by atoms with Crippen LogP contribution >= 0.6 is 0 Å². The second-order valence-electron chi connectivity index (χ2n) is 6.26. The number of fused-ring (bicyclic) bond motifs is 1. The summed E-state index contributed by atoms with van der Waals surface area (Å²) in [7, 11) is -4.01. The number of nitrogens with one attached hydrogen (secondary N) is 2. The van der Waals surface area contributed by atoms with Crippen molar-refractivity contribution in [3.63, 3.8) is 0 Å². The van der Waals surface area contributed by atoms with Gasteiger partial charge in [-0.2, -0.15) is 8.42 Å². The molecule has 1 saturated heterocycles. The molecule has 1 fully saturated rings. The van der Waals surface area contributed by atoms with Gasteiger partial charge in [0.25, 0.3) is 5.91 Å². The average molecular weight is 399 g/mol. The summed E-state index contributed by atoms with van der Waals surface area (Å²) in [5.74, 6) is -0.291. The van der Waals surface area contributed by atoms with Gasteiger partial charge < -0.3 is 10.4 Å². The van der Waals surface area contributed by atoms with E-state index in [4.69, 9.17) is 0 Å². The van der Waals surface area contributed by atoms with Crippen molar-refractivity contribution in [2.45, 2.75) is 6.42 Å². The third-order valence-corrected chi connectivity index (χ3v) is 5.68. The summed E-state index contributed by atoms with van der Waals surface area (Å²) in [5, 5.41) is 14.1. The van der Waals surface area contributed by atoms with Gasteiger partial charge in [-0.25, -0.2) is 14.0 Å². The van der Waals surface area contributed by atoms with Gasteiger partial charge in [0, 0.05) is 30.2 Å². The van der Waals surface area contributed by atoms with Gasteiger partial charge in [-0.3, -0.25) is 9.78 Å². The van der Waals surface area contributed by atoms with Crippen molar-refractivity contribution in [2.75, 3.05) is 22.7 Å². The Balaban J connectivity index is 1.58. The van der Waals surface area contributed by atoms with Crippen LogP contribution in [0.25, 0.3) is 10.9 Å². The quantitative estimate of drug-likeness (QED) is 0.588. The molecule has 3 heterocycles. The maximum absolute atomic E-state index is 12.0. The lowest BCUT2D eigenvalue weighted by atomic mass is 10.1. The molecule has 0 spiro atoms. The first-order valence-electron chi connectivity index (χ1n) is 8.53. The Morgan fingerprint density at radius 2 is 2.07 bits per heavy atom. The van der Waals surface area contributed by atoms with Gasteiger partial charge in [0.2, 0.25) is 0 Å². The molecule has 3 N–H and O–H groups in total. The molecule has 3 aromatic rings. The fourth-order valence-electron chi connectivity index (χ4n) is 2.97. The predicted molar refractivity (Wildman–Crippen MR) is 104 cm³/mol. The molecule has 28 heavy (non-hydrogen) atoms. The Hall–Kier alpha value is -3.40. The van der Waals surface area contributed by atoms with E-state index in [0.717, 1.165) is 16.4 Å². The van der Waals surface area contributed by atoms with Crippen LogP contribution < -0.4 is 14.3 Å². The number of aromatic nitrogens is 2. The highest BCUT2D eigenvalue weighted by atomic mass is 32.2. The molecular formula is C18H17N5O4S. The predicted octanol–water partition coefficient (Wildman–Crippen LogP) is 1.17. The minimum Gasteiger partial charge on any atom is -0.506 e. The number of phenolic OH excluding ortho intramolecular Hbond substituents is 1. The molecule has 1 aliphatic heterocycles. The summed E-state index contributed by atoms with van der Waals surface area (Å²) in [6.07, 6.45) is 2.46. The van der Waals surface area contributed by atoms with Gasteiger partial charge in [0.05, 0.1) is 11.2 Å². The third-order valence-electron chi connectivity index (χ3n) is 4.29. The fraction of sp³-hybridized carbons (Fsp3) is 0.167. The Labute approximate surface area is 161 Å². The molecule has 144 valence electrons. The monoisotopic (exact) mass is 399 g/mol. The van der Waals surface area contributed by atoms with E-state index in [-0.39, 0.29) is 18.0 Å². The van der Waals surface area contributed by atoms with Crippen LogP contribution in [0.2, 0.25) is 0 Å². The number of benzene rings is 1. The normalized spacial score (nSPS) is 15.6. The molecule has 9 nitrogen and oxygen atoms in total. The van der Waals surface area contributed by atoms with Crippen LogP contribution in [-0.4, -0.2) is 42.5 Å². The number of carbonyl (C=O) groups excluding carboxylic acids is 1. The highest BCUT2D eigenvalue weighted by Crippen LogP contribution is 2.34. The van der Waals surface area contributed by atoms with Crippen LogP contribution in [-0.2, 0) is 21.4 Å². The molecule has 0 radical (unpaired) electrons. The van der Waals surface area contributed by atoms with E-state index in [9.17, 15) is 18.3 Å². The Kier molecular flexibility index (Phi) is 4.47. The van der Waals surface area contributed by atoms with Crippen molar-refractivity contribution in [3.05, 3.63) is 54.4 Å². The topological polar surface area (TPSA) is 125 Å². The van der Waals surface area contributed by atoms with Crippen LogP contribution in [0.5, 0.6) is 5.75 Å². The molecule has 2 aromatic heterocycles. The minimum absolute atomic E-state index is 0.00369. The molecular weight excluding hydrogens is 382 g/mol. The molecule has 10 heteroatoms. The van der Waals surface area contributed by atoms with Crippen LogP contribution in [0.4, 0.5) is 11.5 Å². The molecule has 0 saturated carbocycles. The standard InChI is InChI=1S/C18H17N5O4S/c24-16-9-12-4-5-17(20-8-6-13-3-1-2-7-19-13)21-14(12)10-15(16)23-11-18(25)22-28(23,26)27/h1-5,7,9-10,24H,6,8,11H2,(H,20,21)(H,22,25). The molecule has 1 amide bonds. The summed E-state index contributed by atoms with van der Waals surface area (Å²) in [5.41, 5.74) is 1.45. The largest absolute Gasteiger partial charge is 0.506 e. The number of amides is 1. The molecule has 0 unspecified atom stereocenters. The van der Waals surface area contributed by atoms with Gasteiger partial charge >= 0.3 is 10.2 Å². The van der Waals surface area contributed by atoms with Crippen molar-refractivity contribution in [1.29, 1.82) is 0 Å². The second-order valence-corrected chi connectivity index (χ2v) is 7.86. The van der Waals surface area contributed by atoms with E-state index in [1.807, 2.05) is 22.9 Å². The smallest absolute Gasteiger partial charge is 0.326 e. The second kappa shape index (κ2) is 6.97. The molecule has 4 rings (SSSR count). The lowest BCUT2D eigenvalue weighted by Crippen LogP contribution is -2.29. The number of pyridine rings is 2. The fourth-order valence-corrected chi connectivity index (χ4v) is 4.13. The van der Waals surface area contributed by atoms with E-state index in [2.05, 4.69) is 15.3 Å². The summed E-state index contributed by atoms with van der Waals surface area (Å²) in [4.78, 5) is 20.2. The molecule has 1 aliphatic rings. The number of rotatable bonds is 5. The van der Waals surface area contributed by atoms with E-state index < -0.39 is 16.1 Å². The molecule has 0 aliphatic carbocycles. The minimum atomic E-state index is -4.01. The first-order chi connectivity index (χ1) is 13.4. The number of aromatic hydroxyl groups is 1. The summed E-state index contributed by atoms with van der Waals surface area (Å²) >= 11 is 0. The van der Waals surface area contributed by atoms with Crippen LogP contribution in [0.15, 0.2) is 48.7 Å². The van der Waals surface area contributed by atoms with Crippen molar-refractivity contribution in [1.82, 2.24) is 14.7 Å². The maximum Gasteiger partial charge on any atom is 0.326 e. The van der Waals surface area contributed by atoms with Crippen molar-refractivity contribution in [2.24, 2.45) is 0 Å². The zero-order chi connectivity index (χ0) is 19.7. The highest BCUT2D eigenvalue weighted by molar-refractivity contribution is 7.92. The number of anilines is 2. The van der Waals surface area contributed by atoms with Crippen molar-refractivity contribution >= 4 is 38.5 Å². The first kappa shape index (κ1) is 18.0. The van der Waals surface area contributed by atoms with E-state index in [1.165, 1.54) is 12.1 Å². The van der Waals surface area contributed by atoms with Gasteiger partial charge in [-0.15, -0.1) is 0 Å². The molecule has 0 bridgehead atoms. The van der Waals surface area contributed by atoms with Gasteiger partial charge in [-0.05, 0) is 36.4 Å². The number of hydrogen-bond donors (Lipinski definition) is 3. The van der Waals surface area contributed by atoms with Crippen LogP contribution in [0.1, 0.15) is 5.69 Å². The van der Waals surface area contributed by atoms with E-state index >= 15 is 0 Å². The van der Waals surface area contributed by atoms with Crippen molar-refractivity contribution < 1.29 is 18.3 Å². The summed E-state index contributed by atoms with van der Waals surface area (Å²) < 4.78 is 26.8. The summed E-state index contributed by atoms with van der Waals surface area (Å²) in [6.45, 7) is 0.239. The van der Waals surface area contributed by atoms with Gasteiger partial charge in [0.1, 0.15) is 18.1 Å². The summed E-state index contributed by atoms with van der Waals surface area (Å²) in [6, 6.07) is 12.2. The lowest BCUT2D eigenvalue weighted by Gasteiger charge is -2.17. The number of carbonyl (C=O) groups is 1. The molecule has 0 atom stereocenters. The maximum atomic E-state index is 12.0. The SMILES string of the molecule is O=C1CN(c2cc3nc(NCCc4ccccn4)ccc3cc2O)S(=O)(=O)N1. The third kappa shape index (κ3) is 3.54. The zero-order valence-corrected chi connectivity index (χ0v) is 15.5. The van der Waals surface area contributed by atoms with Crippen LogP contribution in [0.3, 0.4) is 0 Å². The average Bonchev–Trinajstić information content (AvgIpc) is 2.94. The number of nitrogens with zero attached hydrogens (tertiary/aromatic N) is 3. The Morgan fingerprint density at radius 3 is 2.79 bits per heavy atom. The van der Waals surface area contributed by atoms with Gasteiger partial charge in [0.15, 0.2) is 0 Å². The van der Waals surface area contributed by atoms with E-state index in [0.29, 0.717) is 23.3 Å². The lowest BCUT2D eigenvalue weighted by molar-refractivity contribution is -0.117. The van der Waals surface area contributed by atoms with Crippen molar-refractivity contribution in [3.8, 4) is 5.75 Å². The number of phenols is 1. The number of hydrogen-bond acceptors (Lipinski definition) is 7. The van der Waals surface area contributed by atoms with Gasteiger partial charge in [-0.1, -0.05) is 6.07 Å². The molecule has 1 aromatic carbocycles. The van der Waals surface area contributed by atoms with E-state index in [1.54, 1.807) is 18.3 Å².